The predicted molar refractivity (Wildman–Crippen MR) is 75.0 cm³/mol. The van der Waals surface area contributed by atoms with Gasteiger partial charge >= 0.3 is 0 Å². The molecule has 1 heterocycles. The first-order valence-corrected chi connectivity index (χ1v) is 6.79. The van der Waals surface area contributed by atoms with E-state index in [0.717, 1.165) is 18.4 Å². The summed E-state index contributed by atoms with van der Waals surface area (Å²) in [4.78, 5) is 14.2. The number of carbonyl (C=O) groups is 1. The summed E-state index contributed by atoms with van der Waals surface area (Å²) >= 11 is 5.99. The van der Waals surface area contributed by atoms with Crippen molar-refractivity contribution in [2.75, 3.05) is 13.1 Å². The molecule has 0 aliphatic carbocycles. The average molecular weight is 277 g/mol. The molecular formula is C15H17ClN2O. The lowest BCUT2D eigenvalue weighted by molar-refractivity contribution is 0.0661. The third-order valence-electron chi connectivity index (χ3n) is 3.71. The van der Waals surface area contributed by atoms with Gasteiger partial charge in [-0.25, -0.2) is 0 Å². The molecule has 0 aromatic heterocycles. The fraction of sp³-hybridized carbons (Fsp3) is 0.467. The van der Waals surface area contributed by atoms with Crippen LogP contribution in [0.1, 0.15) is 35.7 Å². The van der Waals surface area contributed by atoms with Crippen LogP contribution in [0, 0.1) is 23.7 Å². The van der Waals surface area contributed by atoms with E-state index in [1.807, 2.05) is 30.9 Å². The molecular weight excluding hydrogens is 260 g/mol. The van der Waals surface area contributed by atoms with E-state index in [0.29, 0.717) is 23.7 Å². The van der Waals surface area contributed by atoms with Crippen molar-refractivity contribution >= 4 is 17.5 Å². The third kappa shape index (κ3) is 3.08. The van der Waals surface area contributed by atoms with E-state index in [2.05, 4.69) is 6.07 Å². The highest BCUT2D eigenvalue weighted by atomic mass is 35.5. The Morgan fingerprint density at radius 2 is 2.00 bits per heavy atom. The number of hydrogen-bond donors (Lipinski definition) is 0. The summed E-state index contributed by atoms with van der Waals surface area (Å²) in [7, 11) is 0. The molecule has 2 rings (SSSR count). The summed E-state index contributed by atoms with van der Waals surface area (Å²) in [6.07, 6.45) is 1.46. The maximum atomic E-state index is 12.4. The highest BCUT2D eigenvalue weighted by Gasteiger charge is 2.32. The molecule has 1 fully saturated rings. The predicted octanol–water partition coefficient (Wildman–Crippen LogP) is 3.41. The fourth-order valence-electron chi connectivity index (χ4n) is 2.36. The van der Waals surface area contributed by atoms with E-state index in [9.17, 15) is 4.79 Å². The number of hydrogen-bond acceptors (Lipinski definition) is 2. The van der Waals surface area contributed by atoms with Crippen molar-refractivity contribution in [1.29, 1.82) is 5.26 Å². The number of nitrogens with zero attached hydrogens (tertiary/aromatic N) is 2. The molecule has 0 bridgehead atoms. The molecule has 1 saturated heterocycles. The highest BCUT2D eigenvalue weighted by Crippen LogP contribution is 2.30. The Bertz CT molecular complexity index is 519. The number of amides is 1. The zero-order valence-corrected chi connectivity index (χ0v) is 12.0. The molecule has 4 heteroatoms. The minimum Gasteiger partial charge on any atom is -0.339 e. The van der Waals surface area contributed by atoms with E-state index in [4.69, 9.17) is 16.9 Å². The van der Waals surface area contributed by atoms with Crippen molar-refractivity contribution in [2.45, 2.75) is 26.7 Å². The maximum absolute atomic E-state index is 12.4. The van der Waals surface area contributed by atoms with Crippen molar-refractivity contribution < 1.29 is 4.79 Å². The molecule has 0 atom stereocenters. The summed E-state index contributed by atoms with van der Waals surface area (Å²) in [5, 5.41) is 9.68. The van der Waals surface area contributed by atoms with Crippen LogP contribution in [0.2, 0.25) is 5.02 Å². The summed E-state index contributed by atoms with van der Waals surface area (Å²) in [5.74, 6) is 0.00518. The van der Waals surface area contributed by atoms with Crippen LogP contribution in [-0.4, -0.2) is 23.9 Å². The molecule has 0 radical (unpaired) electrons. The third-order valence-corrected chi connectivity index (χ3v) is 3.93. The van der Waals surface area contributed by atoms with Crippen molar-refractivity contribution in [3.05, 3.63) is 34.3 Å². The lowest BCUT2D eigenvalue weighted by atomic mass is 9.82. The fourth-order valence-corrected chi connectivity index (χ4v) is 2.65. The summed E-state index contributed by atoms with van der Waals surface area (Å²) in [6.45, 7) is 5.15. The Hall–Kier alpha value is -1.53. The number of halogens is 1. The van der Waals surface area contributed by atoms with Gasteiger partial charge in [0.2, 0.25) is 0 Å². The Kier molecular flexibility index (Phi) is 3.82. The SMILES string of the molecule is Cc1cc(Cl)cc(C(=O)N2CCC(C)(C#N)CC2)c1. The second kappa shape index (κ2) is 5.22. The molecule has 0 N–H and O–H groups in total. The number of piperidine rings is 1. The summed E-state index contributed by atoms with van der Waals surface area (Å²) in [5.41, 5.74) is 1.32. The van der Waals surface area contributed by atoms with Crippen LogP contribution in [0.15, 0.2) is 18.2 Å². The molecule has 1 aromatic rings. The smallest absolute Gasteiger partial charge is 0.253 e. The first-order chi connectivity index (χ1) is 8.93. The second-order valence-corrected chi connectivity index (χ2v) is 5.92. The largest absolute Gasteiger partial charge is 0.339 e. The molecule has 0 saturated carbocycles. The van der Waals surface area contributed by atoms with Crippen molar-refractivity contribution in [1.82, 2.24) is 4.90 Å². The van der Waals surface area contributed by atoms with Gasteiger partial charge in [0.1, 0.15) is 0 Å². The standard InChI is InChI=1S/C15H17ClN2O/c1-11-7-12(9-13(16)8-11)14(19)18-5-3-15(2,10-17)4-6-18/h7-9H,3-6H2,1-2H3. The Labute approximate surface area is 118 Å². The zero-order chi connectivity index (χ0) is 14.0. The van der Waals surface area contributed by atoms with Crippen LogP contribution in [0.3, 0.4) is 0 Å². The van der Waals surface area contributed by atoms with Crippen LogP contribution in [0.5, 0.6) is 0 Å². The molecule has 0 unspecified atom stereocenters. The lowest BCUT2D eigenvalue weighted by Gasteiger charge is -2.35. The van der Waals surface area contributed by atoms with Gasteiger partial charge in [0, 0.05) is 23.7 Å². The van der Waals surface area contributed by atoms with Crippen molar-refractivity contribution in [3.8, 4) is 6.07 Å². The maximum Gasteiger partial charge on any atom is 0.253 e. The monoisotopic (exact) mass is 276 g/mol. The van der Waals surface area contributed by atoms with Gasteiger partial charge in [-0.15, -0.1) is 0 Å². The zero-order valence-electron chi connectivity index (χ0n) is 11.2. The molecule has 19 heavy (non-hydrogen) atoms. The average Bonchev–Trinajstić information content (AvgIpc) is 2.38. The Balaban J connectivity index is 2.12. The first-order valence-electron chi connectivity index (χ1n) is 6.41. The molecule has 1 amide bonds. The Morgan fingerprint density at radius 1 is 1.37 bits per heavy atom. The molecule has 0 spiro atoms. The van der Waals surface area contributed by atoms with Gasteiger partial charge in [0.05, 0.1) is 11.5 Å². The molecule has 1 aliphatic rings. The van der Waals surface area contributed by atoms with Crippen LogP contribution in [0.4, 0.5) is 0 Å². The van der Waals surface area contributed by atoms with Gasteiger partial charge < -0.3 is 4.90 Å². The molecule has 1 aromatic carbocycles. The summed E-state index contributed by atoms with van der Waals surface area (Å²) < 4.78 is 0. The molecule has 1 aliphatic heterocycles. The van der Waals surface area contributed by atoms with Crippen LogP contribution >= 0.6 is 11.6 Å². The van der Waals surface area contributed by atoms with Gasteiger partial charge in [0.15, 0.2) is 0 Å². The van der Waals surface area contributed by atoms with Gasteiger partial charge in [0.25, 0.3) is 5.91 Å². The van der Waals surface area contributed by atoms with Crippen LogP contribution in [0.25, 0.3) is 0 Å². The first kappa shape index (κ1) is 13.9. The van der Waals surface area contributed by atoms with E-state index < -0.39 is 0 Å². The number of rotatable bonds is 1. The topological polar surface area (TPSA) is 44.1 Å². The number of benzene rings is 1. The Morgan fingerprint density at radius 3 is 2.53 bits per heavy atom. The number of nitriles is 1. The normalized spacial score (nSPS) is 17.9. The second-order valence-electron chi connectivity index (χ2n) is 5.48. The van der Waals surface area contributed by atoms with Gasteiger partial charge in [-0.1, -0.05) is 11.6 Å². The minimum atomic E-state index is -0.291. The molecule has 100 valence electrons. The van der Waals surface area contributed by atoms with Gasteiger partial charge in [-0.05, 0) is 50.5 Å². The van der Waals surface area contributed by atoms with E-state index in [-0.39, 0.29) is 11.3 Å². The van der Waals surface area contributed by atoms with Crippen LogP contribution in [-0.2, 0) is 0 Å². The van der Waals surface area contributed by atoms with Crippen molar-refractivity contribution in [2.24, 2.45) is 5.41 Å². The van der Waals surface area contributed by atoms with Gasteiger partial charge in [-0.2, -0.15) is 5.26 Å². The van der Waals surface area contributed by atoms with E-state index >= 15 is 0 Å². The minimum absolute atomic E-state index is 0.00518. The van der Waals surface area contributed by atoms with Crippen LogP contribution < -0.4 is 0 Å². The molecule has 3 nitrogen and oxygen atoms in total. The number of carbonyl (C=O) groups excluding carboxylic acids is 1. The highest BCUT2D eigenvalue weighted by molar-refractivity contribution is 6.31. The quantitative estimate of drug-likeness (QED) is 0.789. The lowest BCUT2D eigenvalue weighted by Crippen LogP contribution is -2.41. The number of likely N-dealkylation sites (tertiary alicyclic amines) is 1. The van der Waals surface area contributed by atoms with E-state index in [1.165, 1.54) is 0 Å². The van der Waals surface area contributed by atoms with Crippen molar-refractivity contribution in [3.63, 3.8) is 0 Å². The van der Waals surface area contributed by atoms with E-state index in [1.54, 1.807) is 6.07 Å². The number of aryl methyl sites for hydroxylation is 1. The summed E-state index contributed by atoms with van der Waals surface area (Å²) in [6, 6.07) is 7.73. The van der Waals surface area contributed by atoms with Gasteiger partial charge in [-0.3, -0.25) is 4.79 Å².